The number of aliphatic imine (C=N–C) groups is 1. The van der Waals surface area contributed by atoms with Gasteiger partial charge in [-0.3, -0.25) is 4.99 Å². The molecule has 0 aromatic heterocycles. The van der Waals surface area contributed by atoms with Crippen molar-refractivity contribution in [3.05, 3.63) is 48.5 Å². The first-order chi connectivity index (χ1) is 12.7. The van der Waals surface area contributed by atoms with E-state index in [9.17, 15) is 0 Å². The van der Waals surface area contributed by atoms with Crippen LogP contribution in [0.2, 0.25) is 0 Å². The molecule has 1 atom stereocenters. The average Bonchev–Trinajstić information content (AvgIpc) is 3.16. The molecule has 3 rings (SSSR count). The minimum Gasteiger partial charge on any atom is -0.497 e. The molecular weight excluding hydrogens is 455 g/mol. The summed E-state index contributed by atoms with van der Waals surface area (Å²) in [5.74, 6) is 2.31. The number of nitrogens with one attached hydrogen (secondary N) is 1. The van der Waals surface area contributed by atoms with E-state index in [1.807, 2.05) is 24.3 Å². The van der Waals surface area contributed by atoms with E-state index in [1.165, 1.54) is 5.69 Å². The van der Waals surface area contributed by atoms with E-state index in [2.05, 4.69) is 39.5 Å². The Kier molecular flexibility index (Phi) is 8.02. The lowest BCUT2D eigenvalue weighted by Gasteiger charge is -2.18. The maximum Gasteiger partial charge on any atom is 0.193 e. The maximum atomic E-state index is 6.07. The van der Waals surface area contributed by atoms with Gasteiger partial charge in [-0.15, -0.1) is 24.0 Å². The molecule has 0 aliphatic carbocycles. The van der Waals surface area contributed by atoms with Gasteiger partial charge in [0, 0.05) is 31.4 Å². The van der Waals surface area contributed by atoms with Crippen LogP contribution in [0, 0.1) is 5.92 Å². The summed E-state index contributed by atoms with van der Waals surface area (Å²) in [6.07, 6.45) is 1.12. The molecule has 27 heavy (non-hydrogen) atoms. The zero-order valence-electron chi connectivity index (χ0n) is 15.7. The van der Waals surface area contributed by atoms with Gasteiger partial charge in [0.15, 0.2) is 5.96 Å². The summed E-state index contributed by atoms with van der Waals surface area (Å²) in [5, 5.41) is 3.11. The van der Waals surface area contributed by atoms with Crippen molar-refractivity contribution in [1.82, 2.24) is 0 Å². The van der Waals surface area contributed by atoms with Crippen LogP contribution >= 0.6 is 24.0 Å². The number of methoxy groups -OCH3 is 2. The molecule has 1 unspecified atom stereocenters. The molecule has 2 aromatic carbocycles. The third kappa shape index (κ3) is 5.66. The maximum absolute atomic E-state index is 6.07. The SMILES string of the molecule is COc1ccc(OC)c(NC(N)=NCC2CCN(c3ccccc3)C2)c1.I. The zero-order valence-corrected chi connectivity index (χ0v) is 18.1. The number of guanidine groups is 1. The predicted octanol–water partition coefficient (Wildman–Crippen LogP) is 3.57. The van der Waals surface area contributed by atoms with Gasteiger partial charge in [0.05, 0.1) is 19.9 Å². The van der Waals surface area contributed by atoms with Crippen LogP contribution < -0.4 is 25.4 Å². The molecule has 1 fully saturated rings. The minimum absolute atomic E-state index is 0. The minimum atomic E-state index is 0. The Bertz CT molecular complexity index is 755. The molecule has 1 aliphatic rings. The number of nitrogens with zero attached hydrogens (tertiary/aromatic N) is 2. The van der Waals surface area contributed by atoms with Crippen LogP contribution in [-0.4, -0.2) is 39.8 Å². The van der Waals surface area contributed by atoms with Gasteiger partial charge >= 0.3 is 0 Å². The van der Waals surface area contributed by atoms with E-state index >= 15 is 0 Å². The van der Waals surface area contributed by atoms with Crippen molar-refractivity contribution in [2.75, 3.05) is 44.1 Å². The van der Waals surface area contributed by atoms with Gasteiger partial charge in [-0.2, -0.15) is 0 Å². The first-order valence-corrected chi connectivity index (χ1v) is 8.78. The standard InChI is InChI=1S/C20H26N4O2.HI/c1-25-17-8-9-19(26-2)18(12-17)23-20(21)22-13-15-10-11-24(14-15)16-6-4-3-5-7-16;/h3-9,12,15H,10-11,13-14H2,1-2H3,(H3,21,22,23);1H. The number of halogens is 1. The Morgan fingerprint density at radius 3 is 2.67 bits per heavy atom. The molecule has 0 amide bonds. The summed E-state index contributed by atoms with van der Waals surface area (Å²) in [5.41, 5.74) is 8.08. The number of benzene rings is 2. The van der Waals surface area contributed by atoms with E-state index in [1.54, 1.807) is 14.2 Å². The number of hydrogen-bond acceptors (Lipinski definition) is 4. The van der Waals surface area contributed by atoms with Crippen LogP contribution in [0.3, 0.4) is 0 Å². The Hall–Kier alpha value is -2.16. The van der Waals surface area contributed by atoms with E-state index in [0.29, 0.717) is 24.2 Å². The highest BCUT2D eigenvalue weighted by molar-refractivity contribution is 14.0. The second kappa shape index (κ2) is 10.2. The third-order valence-corrected chi connectivity index (χ3v) is 4.60. The van der Waals surface area contributed by atoms with Crippen molar-refractivity contribution >= 4 is 41.3 Å². The highest BCUT2D eigenvalue weighted by Crippen LogP contribution is 2.29. The summed E-state index contributed by atoms with van der Waals surface area (Å²) in [4.78, 5) is 6.92. The van der Waals surface area contributed by atoms with E-state index in [-0.39, 0.29) is 24.0 Å². The molecule has 1 heterocycles. The molecule has 0 spiro atoms. The average molecular weight is 482 g/mol. The topological polar surface area (TPSA) is 72.1 Å². The van der Waals surface area contributed by atoms with Gasteiger partial charge in [0.25, 0.3) is 0 Å². The van der Waals surface area contributed by atoms with E-state index in [0.717, 1.165) is 30.9 Å². The van der Waals surface area contributed by atoms with Crippen LogP contribution in [0.25, 0.3) is 0 Å². The number of rotatable bonds is 6. The van der Waals surface area contributed by atoms with Gasteiger partial charge in [0.2, 0.25) is 0 Å². The molecule has 0 radical (unpaired) electrons. The Balaban J connectivity index is 0.00000261. The fraction of sp³-hybridized carbons (Fsp3) is 0.350. The first kappa shape index (κ1) is 21.1. The van der Waals surface area contributed by atoms with Gasteiger partial charge < -0.3 is 25.4 Å². The summed E-state index contributed by atoms with van der Waals surface area (Å²) in [7, 11) is 3.25. The Labute approximate surface area is 177 Å². The molecule has 1 aliphatic heterocycles. The van der Waals surface area contributed by atoms with Crippen molar-refractivity contribution in [2.45, 2.75) is 6.42 Å². The lowest BCUT2D eigenvalue weighted by atomic mass is 10.1. The lowest BCUT2D eigenvalue weighted by molar-refractivity contribution is 0.405. The molecule has 6 nitrogen and oxygen atoms in total. The number of hydrogen-bond donors (Lipinski definition) is 2. The quantitative estimate of drug-likeness (QED) is 0.374. The predicted molar refractivity (Wildman–Crippen MR) is 122 cm³/mol. The lowest BCUT2D eigenvalue weighted by Crippen LogP contribution is -2.25. The van der Waals surface area contributed by atoms with Crippen molar-refractivity contribution in [1.29, 1.82) is 0 Å². The third-order valence-electron chi connectivity index (χ3n) is 4.60. The molecule has 2 aromatic rings. The highest BCUT2D eigenvalue weighted by atomic mass is 127. The van der Waals surface area contributed by atoms with Gasteiger partial charge in [0.1, 0.15) is 11.5 Å². The van der Waals surface area contributed by atoms with Crippen molar-refractivity contribution in [3.8, 4) is 11.5 Å². The van der Waals surface area contributed by atoms with Gasteiger partial charge in [-0.05, 0) is 36.6 Å². The highest BCUT2D eigenvalue weighted by Gasteiger charge is 2.22. The molecular formula is C20H27IN4O2. The molecule has 0 bridgehead atoms. The molecule has 7 heteroatoms. The summed E-state index contributed by atoms with van der Waals surface area (Å²) < 4.78 is 10.6. The second-order valence-electron chi connectivity index (χ2n) is 6.35. The number of para-hydroxylation sites is 1. The zero-order chi connectivity index (χ0) is 18.4. The van der Waals surface area contributed by atoms with Crippen LogP contribution in [0.15, 0.2) is 53.5 Å². The smallest absolute Gasteiger partial charge is 0.193 e. The molecule has 3 N–H and O–H groups in total. The second-order valence-corrected chi connectivity index (χ2v) is 6.35. The van der Waals surface area contributed by atoms with Crippen LogP contribution in [-0.2, 0) is 0 Å². The molecule has 146 valence electrons. The summed E-state index contributed by atoms with van der Waals surface area (Å²) in [6, 6.07) is 16.0. The van der Waals surface area contributed by atoms with Gasteiger partial charge in [-0.25, -0.2) is 0 Å². The fourth-order valence-corrected chi connectivity index (χ4v) is 3.17. The molecule has 1 saturated heterocycles. The summed E-state index contributed by atoms with van der Waals surface area (Å²) in [6.45, 7) is 2.76. The van der Waals surface area contributed by atoms with Crippen LogP contribution in [0.1, 0.15) is 6.42 Å². The Morgan fingerprint density at radius 1 is 1.19 bits per heavy atom. The number of ether oxygens (including phenoxy) is 2. The first-order valence-electron chi connectivity index (χ1n) is 8.78. The largest absolute Gasteiger partial charge is 0.497 e. The number of nitrogens with two attached hydrogens (primary N) is 1. The summed E-state index contributed by atoms with van der Waals surface area (Å²) >= 11 is 0. The Morgan fingerprint density at radius 2 is 1.96 bits per heavy atom. The van der Waals surface area contributed by atoms with Crippen LogP contribution in [0.5, 0.6) is 11.5 Å². The molecule has 0 saturated carbocycles. The normalized spacial score (nSPS) is 16.6. The van der Waals surface area contributed by atoms with Crippen LogP contribution in [0.4, 0.5) is 11.4 Å². The monoisotopic (exact) mass is 482 g/mol. The van der Waals surface area contributed by atoms with Crippen molar-refractivity contribution < 1.29 is 9.47 Å². The van der Waals surface area contributed by atoms with Crippen molar-refractivity contribution in [3.63, 3.8) is 0 Å². The fourth-order valence-electron chi connectivity index (χ4n) is 3.17. The van der Waals surface area contributed by atoms with E-state index < -0.39 is 0 Å². The number of anilines is 2. The van der Waals surface area contributed by atoms with Gasteiger partial charge in [-0.1, -0.05) is 18.2 Å². The van der Waals surface area contributed by atoms with E-state index in [4.69, 9.17) is 15.2 Å². The van der Waals surface area contributed by atoms with Crippen molar-refractivity contribution in [2.24, 2.45) is 16.6 Å².